The van der Waals surface area contributed by atoms with Gasteiger partial charge in [0.15, 0.2) is 0 Å². The molecule has 2 aromatic carbocycles. The van der Waals surface area contributed by atoms with Crippen molar-refractivity contribution < 1.29 is 0 Å². The number of unbranched alkanes of at least 4 members (excludes halogenated alkanes) is 3. The highest BCUT2D eigenvalue weighted by Gasteiger charge is 2.10. The van der Waals surface area contributed by atoms with E-state index in [1.807, 2.05) is 41.2 Å². The Morgan fingerprint density at radius 2 is 1.54 bits per heavy atom. The maximum absolute atomic E-state index is 12.4. The lowest BCUT2D eigenvalue weighted by Gasteiger charge is -2.02. The molecule has 2 heterocycles. The van der Waals surface area contributed by atoms with Crippen LogP contribution in [0.25, 0.3) is 20.2 Å². The summed E-state index contributed by atoms with van der Waals surface area (Å²) in [7, 11) is 0. The van der Waals surface area contributed by atoms with Crippen molar-refractivity contribution in [3.05, 3.63) is 62.7 Å². The van der Waals surface area contributed by atoms with Gasteiger partial charge in [0.1, 0.15) is 0 Å². The van der Waals surface area contributed by atoms with E-state index >= 15 is 0 Å². The van der Waals surface area contributed by atoms with E-state index < -0.39 is 0 Å². The van der Waals surface area contributed by atoms with E-state index in [0.717, 1.165) is 53.6 Å². The molecule has 0 spiro atoms. The summed E-state index contributed by atoms with van der Waals surface area (Å²) in [6, 6.07) is 11.5. The molecule has 0 atom stereocenters. The van der Waals surface area contributed by atoms with Gasteiger partial charge in [0.05, 0.1) is 25.9 Å². The van der Waals surface area contributed by atoms with Crippen LogP contribution in [0, 0.1) is 6.92 Å². The van der Waals surface area contributed by atoms with Gasteiger partial charge < -0.3 is 5.73 Å². The number of rotatable bonds is 7. The van der Waals surface area contributed by atoms with E-state index in [4.69, 9.17) is 5.73 Å². The Morgan fingerprint density at radius 3 is 2.25 bits per heavy atom. The molecule has 0 bridgehead atoms. The Balaban J connectivity index is 1.30. The average molecular weight is 414 g/mol. The van der Waals surface area contributed by atoms with Crippen molar-refractivity contribution in [1.82, 2.24) is 7.91 Å². The molecule has 5 nitrogen and oxygen atoms in total. The first-order valence-corrected chi connectivity index (χ1v) is 11.1. The summed E-state index contributed by atoms with van der Waals surface area (Å²) in [5, 5.41) is 1.53. The summed E-state index contributed by atoms with van der Waals surface area (Å²) in [5.74, 6) is 0. The monoisotopic (exact) mass is 413 g/mol. The zero-order chi connectivity index (χ0) is 19.7. The molecule has 7 heteroatoms. The summed E-state index contributed by atoms with van der Waals surface area (Å²) in [6.07, 6.45) is 4.00. The van der Waals surface area contributed by atoms with Gasteiger partial charge in [-0.15, -0.1) is 0 Å². The standard InChI is InChI=1S/C21H23N3O2S2/c1-14-9-10-15-18(13-14)27-23(20(15)25)11-4-2-3-5-12-24-21(26)16-7-6-8-17(22)19(16)28-24/h6-10,13H,2-5,11-12,22H2,1H3. The highest BCUT2D eigenvalue weighted by atomic mass is 32.1. The van der Waals surface area contributed by atoms with Crippen LogP contribution in [0.4, 0.5) is 5.69 Å². The van der Waals surface area contributed by atoms with Gasteiger partial charge in [-0.2, -0.15) is 0 Å². The number of hydrogen-bond acceptors (Lipinski definition) is 5. The largest absolute Gasteiger partial charge is 0.398 e. The number of aromatic nitrogens is 2. The number of fused-ring (bicyclic) bond motifs is 2. The summed E-state index contributed by atoms with van der Waals surface area (Å²) in [6.45, 7) is 3.53. The van der Waals surface area contributed by atoms with Crippen molar-refractivity contribution in [1.29, 1.82) is 0 Å². The first-order valence-electron chi connectivity index (χ1n) is 9.53. The first kappa shape index (κ1) is 19.0. The van der Waals surface area contributed by atoms with Crippen molar-refractivity contribution in [2.24, 2.45) is 0 Å². The van der Waals surface area contributed by atoms with Crippen LogP contribution in [0.3, 0.4) is 0 Å². The van der Waals surface area contributed by atoms with Gasteiger partial charge in [0.25, 0.3) is 11.1 Å². The number of nitrogen functional groups attached to an aromatic ring is 1. The number of benzene rings is 2. The summed E-state index contributed by atoms with van der Waals surface area (Å²) in [4.78, 5) is 24.8. The molecule has 28 heavy (non-hydrogen) atoms. The molecule has 0 saturated heterocycles. The summed E-state index contributed by atoms with van der Waals surface area (Å²) in [5.41, 5.74) is 7.99. The smallest absolute Gasteiger partial charge is 0.268 e. The molecule has 0 saturated carbocycles. The van der Waals surface area contributed by atoms with Gasteiger partial charge in [0, 0.05) is 13.1 Å². The fourth-order valence-electron chi connectivity index (χ4n) is 3.45. The second-order valence-corrected chi connectivity index (χ2v) is 9.23. The zero-order valence-electron chi connectivity index (χ0n) is 15.8. The Hall–Kier alpha value is -2.38. The van der Waals surface area contributed by atoms with Crippen LogP contribution in [0.5, 0.6) is 0 Å². The summed E-state index contributed by atoms with van der Waals surface area (Å²) >= 11 is 3.00. The van der Waals surface area contributed by atoms with Crippen molar-refractivity contribution in [2.75, 3.05) is 5.73 Å². The van der Waals surface area contributed by atoms with Crippen molar-refractivity contribution in [3.63, 3.8) is 0 Å². The fraction of sp³-hybridized carbons (Fsp3) is 0.333. The molecule has 2 N–H and O–H groups in total. The Bertz CT molecular complexity index is 1250. The normalized spacial score (nSPS) is 11.6. The second kappa shape index (κ2) is 7.93. The Morgan fingerprint density at radius 1 is 0.857 bits per heavy atom. The number of anilines is 1. The molecule has 146 valence electrons. The Labute approximate surface area is 170 Å². The van der Waals surface area contributed by atoms with Gasteiger partial charge >= 0.3 is 0 Å². The molecule has 0 aliphatic carbocycles. The SMILES string of the molecule is Cc1ccc2c(=O)n(CCCCCCn3sc4c(N)cccc4c3=O)sc2c1. The maximum Gasteiger partial charge on any atom is 0.268 e. The molecular formula is C21H23N3O2S2. The lowest BCUT2D eigenvalue weighted by molar-refractivity contribution is 0.557. The van der Waals surface area contributed by atoms with Gasteiger partial charge in [-0.25, -0.2) is 0 Å². The quantitative estimate of drug-likeness (QED) is 0.356. The lowest BCUT2D eigenvalue weighted by atomic mass is 10.2. The number of nitrogens with two attached hydrogens (primary N) is 1. The molecular weight excluding hydrogens is 390 g/mol. The number of hydrogen-bond donors (Lipinski definition) is 1. The van der Waals surface area contributed by atoms with Gasteiger partial charge in [-0.3, -0.25) is 17.5 Å². The van der Waals surface area contributed by atoms with Crippen LogP contribution >= 0.6 is 23.1 Å². The molecule has 0 unspecified atom stereocenters. The van der Waals surface area contributed by atoms with Crippen LogP contribution in [-0.4, -0.2) is 7.91 Å². The van der Waals surface area contributed by atoms with E-state index in [2.05, 4.69) is 6.07 Å². The molecule has 0 radical (unpaired) electrons. The van der Waals surface area contributed by atoms with Gasteiger partial charge in [-0.1, -0.05) is 48.0 Å². The fourth-order valence-corrected chi connectivity index (χ4v) is 5.63. The highest BCUT2D eigenvalue weighted by molar-refractivity contribution is 7.14. The highest BCUT2D eigenvalue weighted by Crippen LogP contribution is 2.23. The second-order valence-electron chi connectivity index (χ2n) is 7.13. The molecule has 0 aliphatic heterocycles. The third-order valence-corrected chi connectivity index (χ3v) is 7.29. The van der Waals surface area contributed by atoms with Crippen LogP contribution in [0.1, 0.15) is 31.2 Å². The minimum atomic E-state index is 0.0550. The van der Waals surface area contributed by atoms with Crippen molar-refractivity contribution >= 4 is 48.9 Å². The van der Waals surface area contributed by atoms with Crippen LogP contribution in [-0.2, 0) is 13.1 Å². The number of nitrogens with zero attached hydrogens (tertiary/aromatic N) is 2. The van der Waals surface area contributed by atoms with Gasteiger partial charge in [0.2, 0.25) is 0 Å². The minimum Gasteiger partial charge on any atom is -0.398 e. The van der Waals surface area contributed by atoms with E-state index in [1.165, 1.54) is 17.1 Å². The van der Waals surface area contributed by atoms with E-state index in [0.29, 0.717) is 11.1 Å². The lowest BCUT2D eigenvalue weighted by Crippen LogP contribution is -2.13. The average Bonchev–Trinajstić information content (AvgIpc) is 3.16. The van der Waals surface area contributed by atoms with E-state index in [-0.39, 0.29) is 11.1 Å². The molecule has 2 aromatic heterocycles. The minimum absolute atomic E-state index is 0.0550. The van der Waals surface area contributed by atoms with Crippen molar-refractivity contribution in [2.45, 2.75) is 45.7 Å². The van der Waals surface area contributed by atoms with E-state index in [1.54, 1.807) is 15.5 Å². The molecule has 4 rings (SSSR count). The maximum atomic E-state index is 12.4. The van der Waals surface area contributed by atoms with Crippen LogP contribution < -0.4 is 16.9 Å². The van der Waals surface area contributed by atoms with E-state index in [9.17, 15) is 9.59 Å². The molecule has 4 aromatic rings. The third-order valence-electron chi connectivity index (χ3n) is 4.98. The van der Waals surface area contributed by atoms with Crippen LogP contribution in [0.15, 0.2) is 46.0 Å². The van der Waals surface area contributed by atoms with Crippen molar-refractivity contribution in [3.8, 4) is 0 Å². The predicted octanol–water partition coefficient (Wildman–Crippen LogP) is 4.59. The Kier molecular flexibility index (Phi) is 5.37. The van der Waals surface area contributed by atoms with Gasteiger partial charge in [-0.05, 0) is 49.6 Å². The predicted molar refractivity (Wildman–Crippen MR) is 120 cm³/mol. The first-order chi connectivity index (χ1) is 13.5. The molecule has 0 amide bonds. The number of aryl methyl sites for hydroxylation is 3. The topological polar surface area (TPSA) is 70.0 Å². The molecule has 0 aliphatic rings. The molecule has 0 fully saturated rings. The third kappa shape index (κ3) is 3.64. The van der Waals surface area contributed by atoms with Crippen LogP contribution in [0.2, 0.25) is 0 Å². The summed E-state index contributed by atoms with van der Waals surface area (Å²) < 4.78 is 5.61. The zero-order valence-corrected chi connectivity index (χ0v) is 17.4.